The van der Waals surface area contributed by atoms with Crippen LogP contribution < -0.4 is 21.5 Å². The number of nitrogens with one attached hydrogen (secondary N) is 1. The van der Waals surface area contributed by atoms with Crippen molar-refractivity contribution in [3.8, 4) is 5.75 Å². The van der Waals surface area contributed by atoms with Crippen molar-refractivity contribution < 1.29 is 19.1 Å². The maximum atomic E-state index is 11.9. The Morgan fingerprint density at radius 1 is 1.38 bits per heavy atom. The van der Waals surface area contributed by atoms with Gasteiger partial charge in [-0.25, -0.2) is 0 Å². The van der Waals surface area contributed by atoms with Gasteiger partial charge in [-0.2, -0.15) is 0 Å². The van der Waals surface area contributed by atoms with E-state index in [1.54, 1.807) is 31.4 Å². The van der Waals surface area contributed by atoms with Crippen LogP contribution in [0.2, 0.25) is 0 Å². The zero-order valence-electron chi connectivity index (χ0n) is 12.0. The van der Waals surface area contributed by atoms with E-state index in [4.69, 9.17) is 20.9 Å². The molecule has 0 spiro atoms. The lowest BCUT2D eigenvalue weighted by molar-refractivity contribution is -0.120. The maximum absolute atomic E-state index is 11.9. The Hall–Kier alpha value is -2.12. The molecule has 7 heteroatoms. The van der Waals surface area contributed by atoms with Crippen molar-refractivity contribution in [3.05, 3.63) is 24.3 Å². The lowest BCUT2D eigenvalue weighted by Crippen LogP contribution is -2.35. The van der Waals surface area contributed by atoms with Gasteiger partial charge in [-0.3, -0.25) is 9.59 Å². The molecule has 0 radical (unpaired) electrons. The Kier molecular flexibility index (Phi) is 7.20. The van der Waals surface area contributed by atoms with Gasteiger partial charge in [0.15, 0.2) is 6.61 Å². The summed E-state index contributed by atoms with van der Waals surface area (Å²) in [6, 6.07) is 6.06. The van der Waals surface area contributed by atoms with Crippen LogP contribution in [0, 0.1) is 0 Å². The Bertz CT molecular complexity index is 479. The molecule has 0 aromatic heterocycles. The van der Waals surface area contributed by atoms with E-state index in [2.05, 4.69) is 5.32 Å². The molecule has 21 heavy (non-hydrogen) atoms. The molecule has 0 aliphatic heterocycles. The Labute approximate surface area is 123 Å². The highest BCUT2D eigenvalue weighted by Gasteiger charge is 2.13. The van der Waals surface area contributed by atoms with Gasteiger partial charge in [-0.15, -0.1) is 0 Å². The van der Waals surface area contributed by atoms with Crippen LogP contribution in [0.1, 0.15) is 12.8 Å². The molecule has 0 fully saturated rings. The van der Waals surface area contributed by atoms with E-state index in [0.717, 1.165) is 0 Å². The molecule has 5 N–H and O–H groups in total. The van der Waals surface area contributed by atoms with Crippen LogP contribution in [0.3, 0.4) is 0 Å². The van der Waals surface area contributed by atoms with Crippen molar-refractivity contribution in [3.63, 3.8) is 0 Å². The first-order valence-electron chi connectivity index (χ1n) is 6.59. The Morgan fingerprint density at radius 3 is 2.81 bits per heavy atom. The summed E-state index contributed by atoms with van der Waals surface area (Å²) in [6.07, 6.45) is 1.25. The predicted molar refractivity (Wildman–Crippen MR) is 78.8 cm³/mol. The summed E-state index contributed by atoms with van der Waals surface area (Å²) in [7, 11) is 1.60. The molecule has 2 amide bonds. The normalized spacial score (nSPS) is 11.7. The molecule has 0 heterocycles. The average Bonchev–Trinajstić information content (AvgIpc) is 2.45. The summed E-state index contributed by atoms with van der Waals surface area (Å²) in [4.78, 5) is 22.5. The van der Waals surface area contributed by atoms with Gasteiger partial charge in [0.25, 0.3) is 5.91 Å². The van der Waals surface area contributed by atoms with Gasteiger partial charge in [0, 0.05) is 25.5 Å². The van der Waals surface area contributed by atoms with Gasteiger partial charge in [0.2, 0.25) is 5.91 Å². The second kappa shape index (κ2) is 8.93. The van der Waals surface area contributed by atoms with E-state index in [-0.39, 0.29) is 12.5 Å². The van der Waals surface area contributed by atoms with E-state index in [1.165, 1.54) is 0 Å². The SMILES string of the molecule is COCCCC(N)C(=O)Nc1cccc(OCC(N)=O)c1. The summed E-state index contributed by atoms with van der Waals surface area (Å²) >= 11 is 0. The molecule has 1 unspecified atom stereocenters. The predicted octanol–water partition coefficient (Wildman–Crippen LogP) is 0.243. The summed E-state index contributed by atoms with van der Waals surface area (Å²) in [6.45, 7) is 0.353. The van der Waals surface area contributed by atoms with Gasteiger partial charge in [-0.1, -0.05) is 6.07 Å². The van der Waals surface area contributed by atoms with Crippen LogP contribution in [0.25, 0.3) is 0 Å². The minimum Gasteiger partial charge on any atom is -0.484 e. The lowest BCUT2D eigenvalue weighted by Gasteiger charge is -2.13. The zero-order chi connectivity index (χ0) is 15.7. The van der Waals surface area contributed by atoms with Gasteiger partial charge >= 0.3 is 0 Å². The van der Waals surface area contributed by atoms with Crippen molar-refractivity contribution >= 4 is 17.5 Å². The molecule has 1 rings (SSSR count). The number of hydrogen-bond acceptors (Lipinski definition) is 5. The fourth-order valence-corrected chi connectivity index (χ4v) is 1.63. The van der Waals surface area contributed by atoms with E-state index >= 15 is 0 Å². The summed E-state index contributed by atoms with van der Waals surface area (Å²) < 4.78 is 10.1. The number of anilines is 1. The van der Waals surface area contributed by atoms with Gasteiger partial charge in [0.1, 0.15) is 5.75 Å². The quantitative estimate of drug-likeness (QED) is 0.564. The molecular weight excluding hydrogens is 274 g/mol. The number of carbonyl (C=O) groups is 2. The van der Waals surface area contributed by atoms with Crippen LogP contribution in [-0.4, -0.2) is 38.2 Å². The van der Waals surface area contributed by atoms with Gasteiger partial charge < -0.3 is 26.3 Å². The van der Waals surface area contributed by atoms with Crippen molar-refractivity contribution in [1.82, 2.24) is 0 Å². The molecule has 0 saturated heterocycles. The molecule has 0 bridgehead atoms. The van der Waals surface area contributed by atoms with E-state index in [0.29, 0.717) is 30.9 Å². The smallest absolute Gasteiger partial charge is 0.255 e. The first-order valence-corrected chi connectivity index (χ1v) is 6.59. The largest absolute Gasteiger partial charge is 0.484 e. The van der Waals surface area contributed by atoms with E-state index < -0.39 is 11.9 Å². The molecule has 0 saturated carbocycles. The Balaban J connectivity index is 2.51. The average molecular weight is 295 g/mol. The molecule has 1 aromatic rings. The molecule has 1 atom stereocenters. The standard InChI is InChI=1S/C14H21N3O4/c1-20-7-3-6-12(15)14(19)17-10-4-2-5-11(8-10)21-9-13(16)18/h2,4-5,8,12H,3,6-7,9,15H2,1H3,(H2,16,18)(H,17,19). The number of ether oxygens (including phenoxy) is 2. The minimum atomic E-state index is -0.602. The van der Waals surface area contributed by atoms with Crippen molar-refractivity contribution in [2.24, 2.45) is 11.5 Å². The summed E-state index contributed by atoms with van der Waals surface area (Å²) in [5, 5.41) is 2.70. The third-order valence-electron chi connectivity index (χ3n) is 2.68. The molecule has 1 aromatic carbocycles. The zero-order valence-corrected chi connectivity index (χ0v) is 12.0. The highest BCUT2D eigenvalue weighted by Crippen LogP contribution is 2.17. The van der Waals surface area contributed by atoms with Crippen LogP contribution in [0.4, 0.5) is 5.69 Å². The van der Waals surface area contributed by atoms with Crippen LogP contribution in [0.5, 0.6) is 5.75 Å². The number of carbonyl (C=O) groups excluding carboxylic acids is 2. The number of benzene rings is 1. The second-order valence-electron chi connectivity index (χ2n) is 4.51. The number of nitrogens with two attached hydrogens (primary N) is 2. The summed E-state index contributed by atoms with van der Waals surface area (Å²) in [5.74, 6) is -0.401. The highest BCUT2D eigenvalue weighted by atomic mass is 16.5. The van der Waals surface area contributed by atoms with Crippen LogP contribution in [0.15, 0.2) is 24.3 Å². The first-order chi connectivity index (χ1) is 10.0. The minimum absolute atomic E-state index is 0.214. The van der Waals surface area contributed by atoms with Crippen molar-refractivity contribution in [2.45, 2.75) is 18.9 Å². The van der Waals surface area contributed by atoms with E-state index in [1.807, 2.05) is 0 Å². The maximum Gasteiger partial charge on any atom is 0.255 e. The first kappa shape index (κ1) is 16.9. The van der Waals surface area contributed by atoms with Crippen LogP contribution in [-0.2, 0) is 14.3 Å². The number of rotatable bonds is 9. The number of primary amides is 1. The van der Waals surface area contributed by atoms with Gasteiger partial charge in [-0.05, 0) is 25.0 Å². The molecule has 7 nitrogen and oxygen atoms in total. The van der Waals surface area contributed by atoms with E-state index in [9.17, 15) is 9.59 Å². The number of hydrogen-bond donors (Lipinski definition) is 3. The molecule has 0 aliphatic carbocycles. The topological polar surface area (TPSA) is 117 Å². The third kappa shape index (κ3) is 6.73. The fourth-order valence-electron chi connectivity index (χ4n) is 1.63. The second-order valence-corrected chi connectivity index (χ2v) is 4.51. The lowest BCUT2D eigenvalue weighted by atomic mass is 10.1. The third-order valence-corrected chi connectivity index (χ3v) is 2.68. The summed E-state index contributed by atoms with van der Waals surface area (Å²) in [5.41, 5.74) is 11.3. The monoisotopic (exact) mass is 295 g/mol. The fraction of sp³-hybridized carbons (Fsp3) is 0.429. The number of amides is 2. The molecular formula is C14H21N3O4. The molecule has 0 aliphatic rings. The number of methoxy groups -OCH3 is 1. The highest BCUT2D eigenvalue weighted by molar-refractivity contribution is 5.94. The molecule has 116 valence electrons. The Morgan fingerprint density at radius 2 is 2.14 bits per heavy atom. The van der Waals surface area contributed by atoms with Crippen LogP contribution >= 0.6 is 0 Å². The van der Waals surface area contributed by atoms with Gasteiger partial charge in [0.05, 0.1) is 6.04 Å². The van der Waals surface area contributed by atoms with Crippen molar-refractivity contribution in [2.75, 3.05) is 25.6 Å². The van der Waals surface area contributed by atoms with Crippen molar-refractivity contribution in [1.29, 1.82) is 0 Å².